The molecule has 1 aliphatic rings. The Morgan fingerprint density at radius 1 is 1.27 bits per heavy atom. The van der Waals surface area contributed by atoms with Gasteiger partial charge in [0.2, 0.25) is 11.7 Å². The van der Waals surface area contributed by atoms with E-state index in [4.69, 9.17) is 4.74 Å². The molecule has 0 bridgehead atoms. The van der Waals surface area contributed by atoms with Crippen LogP contribution < -0.4 is 5.32 Å². The second-order valence-corrected chi connectivity index (χ2v) is 7.04. The number of nitrogens with one attached hydrogen (secondary N) is 1. The number of hydrogen-bond acceptors (Lipinski definition) is 5. The Kier molecular flexibility index (Phi) is 6.91. The minimum absolute atomic E-state index is 0.0426. The van der Waals surface area contributed by atoms with Crippen LogP contribution >= 0.6 is 0 Å². The maximum absolute atomic E-state index is 12.4. The molecule has 6 heteroatoms. The molecule has 1 aromatic carbocycles. The molecule has 142 valence electrons. The molecule has 0 aliphatic carbocycles. The summed E-state index contributed by atoms with van der Waals surface area (Å²) in [4.78, 5) is 35.7. The van der Waals surface area contributed by atoms with E-state index >= 15 is 0 Å². The number of carbonyl (C=O) groups is 3. The summed E-state index contributed by atoms with van der Waals surface area (Å²) in [6.45, 7) is 3.50. The number of cyclic esters (lactones) is 1. The fourth-order valence-corrected chi connectivity index (χ4v) is 2.98. The van der Waals surface area contributed by atoms with Gasteiger partial charge in [0.25, 0.3) is 0 Å². The van der Waals surface area contributed by atoms with Crippen molar-refractivity contribution >= 4 is 23.3 Å². The summed E-state index contributed by atoms with van der Waals surface area (Å²) in [5, 5.41) is 13.4. The van der Waals surface area contributed by atoms with E-state index in [0.717, 1.165) is 19.3 Å². The molecule has 2 N–H and O–H groups in total. The molecule has 1 aliphatic heterocycles. The third-order valence-corrected chi connectivity index (χ3v) is 4.84. The lowest BCUT2D eigenvalue weighted by Gasteiger charge is -2.27. The first-order chi connectivity index (χ1) is 12.3. The molecule has 0 saturated heterocycles. The smallest absolute Gasteiger partial charge is 0.342 e. The van der Waals surface area contributed by atoms with Crippen molar-refractivity contribution in [3.8, 4) is 0 Å². The third kappa shape index (κ3) is 5.66. The van der Waals surface area contributed by atoms with E-state index in [0.29, 0.717) is 12.1 Å². The topological polar surface area (TPSA) is 92.7 Å². The Hall–Kier alpha value is -2.21. The van der Waals surface area contributed by atoms with E-state index in [9.17, 15) is 19.5 Å². The Bertz CT molecular complexity index is 672. The van der Waals surface area contributed by atoms with Crippen LogP contribution in [0.1, 0.15) is 69.2 Å². The Morgan fingerprint density at radius 3 is 2.73 bits per heavy atom. The van der Waals surface area contributed by atoms with Gasteiger partial charge in [-0.15, -0.1) is 0 Å². The van der Waals surface area contributed by atoms with Crippen LogP contribution in [0.5, 0.6) is 0 Å². The third-order valence-electron chi connectivity index (χ3n) is 4.84. The average Bonchev–Trinajstić information content (AvgIpc) is 2.63. The van der Waals surface area contributed by atoms with E-state index in [-0.39, 0.29) is 42.4 Å². The standard InChI is InChI=1S/C20H27NO5/c1-14(15(2)22)8-4-3-7-12-20(25)13-11-18(23)21-17-10-6-5-9-16(17)19(24)26-20/h5-6,9-10,14,25H,3-4,7-8,11-13H2,1-2H3,(H,21,23). The van der Waals surface area contributed by atoms with Gasteiger partial charge in [0.1, 0.15) is 5.78 Å². The first kappa shape index (κ1) is 20.1. The molecule has 1 amide bonds. The highest BCUT2D eigenvalue weighted by Gasteiger charge is 2.34. The van der Waals surface area contributed by atoms with Gasteiger partial charge in [-0.3, -0.25) is 9.59 Å². The molecule has 0 fully saturated rings. The van der Waals surface area contributed by atoms with Gasteiger partial charge in [-0.25, -0.2) is 4.79 Å². The summed E-state index contributed by atoms with van der Waals surface area (Å²) in [6, 6.07) is 6.60. The largest absolute Gasteiger partial charge is 0.430 e. The fraction of sp³-hybridized carbons (Fsp3) is 0.550. The molecule has 0 spiro atoms. The van der Waals surface area contributed by atoms with Crippen molar-refractivity contribution in [3.63, 3.8) is 0 Å². The van der Waals surface area contributed by atoms with Crippen LogP contribution in [-0.4, -0.2) is 28.6 Å². The number of ketones is 1. The molecule has 6 nitrogen and oxygen atoms in total. The van der Waals surface area contributed by atoms with E-state index < -0.39 is 11.8 Å². The average molecular weight is 361 g/mol. The van der Waals surface area contributed by atoms with Gasteiger partial charge in [-0.05, 0) is 31.9 Å². The Morgan fingerprint density at radius 2 is 2.00 bits per heavy atom. The molecule has 1 aromatic rings. The van der Waals surface area contributed by atoms with Crippen LogP contribution in [0.25, 0.3) is 0 Å². The molecule has 2 atom stereocenters. The van der Waals surface area contributed by atoms with Crippen molar-refractivity contribution < 1.29 is 24.2 Å². The van der Waals surface area contributed by atoms with Crippen molar-refractivity contribution in [1.82, 2.24) is 0 Å². The summed E-state index contributed by atoms with van der Waals surface area (Å²) in [5.41, 5.74) is 0.626. The molecule has 0 radical (unpaired) electrons. The van der Waals surface area contributed by atoms with Crippen LogP contribution in [0.4, 0.5) is 5.69 Å². The van der Waals surface area contributed by atoms with Gasteiger partial charge in [-0.2, -0.15) is 0 Å². The number of fused-ring (bicyclic) bond motifs is 1. The molecular formula is C20H27NO5. The van der Waals surface area contributed by atoms with E-state index in [2.05, 4.69) is 5.32 Å². The SMILES string of the molecule is CC(=O)C(C)CCCCCC1(O)CCC(=O)Nc2ccccc2C(=O)O1. The fourth-order valence-electron chi connectivity index (χ4n) is 2.98. The van der Waals surface area contributed by atoms with Gasteiger partial charge in [0.05, 0.1) is 11.3 Å². The number of Topliss-reactive ketones (excluding diaryl/α,β-unsaturated/α-hetero) is 1. The van der Waals surface area contributed by atoms with Crippen LogP contribution in [0, 0.1) is 5.92 Å². The predicted octanol–water partition coefficient (Wildman–Crippen LogP) is 3.44. The number of rotatable bonds is 7. The van der Waals surface area contributed by atoms with Crippen LogP contribution in [0.3, 0.4) is 0 Å². The minimum atomic E-state index is -1.65. The number of carbonyl (C=O) groups excluding carboxylic acids is 3. The summed E-state index contributed by atoms with van der Waals surface area (Å²) >= 11 is 0. The number of hydrogen-bond donors (Lipinski definition) is 2. The van der Waals surface area contributed by atoms with E-state index in [1.165, 1.54) is 0 Å². The van der Waals surface area contributed by atoms with Gasteiger partial charge in [0, 0.05) is 25.2 Å². The zero-order chi connectivity index (χ0) is 19.2. The van der Waals surface area contributed by atoms with Gasteiger partial charge >= 0.3 is 5.97 Å². The molecule has 0 aromatic heterocycles. The number of anilines is 1. The van der Waals surface area contributed by atoms with Gasteiger partial charge in [-0.1, -0.05) is 31.9 Å². The lowest BCUT2D eigenvalue weighted by Crippen LogP contribution is -2.35. The highest BCUT2D eigenvalue weighted by atomic mass is 16.7. The van der Waals surface area contributed by atoms with Crippen molar-refractivity contribution in [2.75, 3.05) is 5.32 Å². The number of benzene rings is 1. The van der Waals surface area contributed by atoms with Crippen molar-refractivity contribution in [2.24, 2.45) is 5.92 Å². The van der Waals surface area contributed by atoms with Crippen LogP contribution in [0.15, 0.2) is 24.3 Å². The van der Waals surface area contributed by atoms with Crippen LogP contribution in [0.2, 0.25) is 0 Å². The lowest BCUT2D eigenvalue weighted by molar-refractivity contribution is -0.176. The van der Waals surface area contributed by atoms with E-state index in [1.54, 1.807) is 31.2 Å². The summed E-state index contributed by atoms with van der Waals surface area (Å²) in [6.07, 6.45) is 3.54. The van der Waals surface area contributed by atoms with Crippen molar-refractivity contribution in [1.29, 1.82) is 0 Å². The second-order valence-electron chi connectivity index (χ2n) is 7.04. The normalized spacial score (nSPS) is 21.5. The molecular weight excluding hydrogens is 334 g/mol. The maximum Gasteiger partial charge on any atom is 0.342 e. The summed E-state index contributed by atoms with van der Waals surface area (Å²) in [7, 11) is 0. The summed E-state index contributed by atoms with van der Waals surface area (Å²) < 4.78 is 5.37. The second kappa shape index (κ2) is 8.94. The number of unbranched alkanes of at least 4 members (excludes halogenated alkanes) is 2. The number of ether oxygens (including phenoxy) is 1. The zero-order valence-electron chi connectivity index (χ0n) is 15.4. The quantitative estimate of drug-likeness (QED) is 0.573. The number of amides is 1. The van der Waals surface area contributed by atoms with Crippen LogP contribution in [-0.2, 0) is 14.3 Å². The Balaban J connectivity index is 1.96. The number of esters is 1. The van der Waals surface area contributed by atoms with E-state index in [1.807, 2.05) is 6.92 Å². The van der Waals surface area contributed by atoms with Crippen molar-refractivity contribution in [2.45, 2.75) is 64.6 Å². The molecule has 2 unspecified atom stereocenters. The number of para-hydroxylation sites is 1. The van der Waals surface area contributed by atoms with Gasteiger partial charge < -0.3 is 15.2 Å². The summed E-state index contributed by atoms with van der Waals surface area (Å²) in [5.74, 6) is -2.34. The molecule has 2 rings (SSSR count). The maximum atomic E-state index is 12.4. The molecule has 1 heterocycles. The molecule has 26 heavy (non-hydrogen) atoms. The minimum Gasteiger partial charge on any atom is -0.430 e. The van der Waals surface area contributed by atoms with Crippen molar-refractivity contribution in [3.05, 3.63) is 29.8 Å². The van der Waals surface area contributed by atoms with Gasteiger partial charge in [0.15, 0.2) is 0 Å². The predicted molar refractivity (Wildman–Crippen MR) is 97.6 cm³/mol. The molecule has 0 saturated carbocycles. The first-order valence-corrected chi connectivity index (χ1v) is 9.16. The Labute approximate surface area is 153 Å². The first-order valence-electron chi connectivity index (χ1n) is 9.16. The lowest BCUT2D eigenvalue weighted by atomic mass is 9.97. The highest BCUT2D eigenvalue weighted by Crippen LogP contribution is 2.28. The highest BCUT2D eigenvalue weighted by molar-refractivity contribution is 6.01. The monoisotopic (exact) mass is 361 g/mol. The number of aliphatic hydroxyl groups is 1. The zero-order valence-corrected chi connectivity index (χ0v) is 15.4.